The summed E-state index contributed by atoms with van der Waals surface area (Å²) in [7, 11) is -3.58. The number of piperidine rings is 1. The van der Waals surface area contributed by atoms with Crippen LogP contribution >= 0.6 is 0 Å². The summed E-state index contributed by atoms with van der Waals surface area (Å²) >= 11 is 0. The molecule has 5 nitrogen and oxygen atoms in total. The predicted octanol–water partition coefficient (Wildman–Crippen LogP) is 3.42. The number of amides is 1. The van der Waals surface area contributed by atoms with Gasteiger partial charge in [-0.05, 0) is 48.6 Å². The number of carbonyl (C=O) groups excluding carboxylic acids is 1. The summed E-state index contributed by atoms with van der Waals surface area (Å²) in [5.41, 5.74) is 0.721. The summed E-state index contributed by atoms with van der Waals surface area (Å²) < 4.78 is 40.9. The SMILES string of the molecule is CC1CC(C)CN(S(=O)(=O)c2ccc(C(=O)NCc3ccccc3F)cc2)C1. The number of halogens is 1. The molecule has 2 aromatic rings. The highest BCUT2D eigenvalue weighted by Gasteiger charge is 2.31. The number of benzene rings is 2. The standard InChI is InChI=1S/C21H25FN2O3S/c1-15-11-16(2)14-24(13-15)28(26,27)19-9-7-17(8-10-19)21(25)23-12-18-5-3-4-6-20(18)22/h3-10,15-16H,11-14H2,1-2H3,(H,23,25). The second-order valence-electron chi connectivity index (χ2n) is 7.57. The van der Waals surface area contributed by atoms with Crippen LogP contribution in [0.1, 0.15) is 36.2 Å². The molecule has 150 valence electrons. The van der Waals surface area contributed by atoms with Crippen LogP contribution < -0.4 is 5.32 Å². The fraction of sp³-hybridized carbons (Fsp3) is 0.381. The van der Waals surface area contributed by atoms with Crippen LogP contribution in [0.2, 0.25) is 0 Å². The molecule has 2 atom stereocenters. The van der Waals surface area contributed by atoms with Crippen LogP contribution in [0.15, 0.2) is 53.4 Å². The second-order valence-corrected chi connectivity index (χ2v) is 9.50. The van der Waals surface area contributed by atoms with Crippen LogP contribution in [-0.4, -0.2) is 31.7 Å². The quantitative estimate of drug-likeness (QED) is 0.830. The lowest BCUT2D eigenvalue weighted by Gasteiger charge is -2.34. The lowest BCUT2D eigenvalue weighted by atomic mass is 9.94. The maximum absolute atomic E-state index is 13.6. The van der Waals surface area contributed by atoms with E-state index < -0.39 is 10.0 Å². The number of carbonyl (C=O) groups is 1. The minimum Gasteiger partial charge on any atom is -0.348 e. The van der Waals surface area contributed by atoms with Gasteiger partial charge in [-0.25, -0.2) is 12.8 Å². The van der Waals surface area contributed by atoms with Crippen molar-refractivity contribution >= 4 is 15.9 Å². The van der Waals surface area contributed by atoms with E-state index in [2.05, 4.69) is 19.2 Å². The van der Waals surface area contributed by atoms with Gasteiger partial charge < -0.3 is 5.32 Å². The Labute approximate surface area is 165 Å². The molecule has 0 radical (unpaired) electrons. The van der Waals surface area contributed by atoms with Crippen molar-refractivity contribution in [2.24, 2.45) is 11.8 Å². The maximum Gasteiger partial charge on any atom is 0.251 e. The van der Waals surface area contributed by atoms with Gasteiger partial charge in [-0.3, -0.25) is 4.79 Å². The molecule has 1 N–H and O–H groups in total. The molecule has 1 heterocycles. The van der Waals surface area contributed by atoms with Crippen molar-refractivity contribution in [1.29, 1.82) is 0 Å². The van der Waals surface area contributed by atoms with E-state index in [1.54, 1.807) is 18.2 Å². The molecular weight excluding hydrogens is 379 g/mol. The summed E-state index contributed by atoms with van der Waals surface area (Å²) in [6, 6.07) is 12.1. The molecule has 0 aromatic heterocycles. The number of nitrogens with zero attached hydrogens (tertiary/aromatic N) is 1. The smallest absolute Gasteiger partial charge is 0.251 e. The average Bonchev–Trinajstić information content (AvgIpc) is 2.66. The Bertz CT molecular complexity index is 934. The molecule has 28 heavy (non-hydrogen) atoms. The fourth-order valence-corrected chi connectivity index (χ4v) is 5.33. The summed E-state index contributed by atoms with van der Waals surface area (Å²) in [5.74, 6) is -0.120. The molecule has 1 amide bonds. The Kier molecular flexibility index (Phi) is 6.15. The molecule has 3 rings (SSSR count). The van der Waals surface area contributed by atoms with E-state index in [0.29, 0.717) is 36.1 Å². The second kappa shape index (κ2) is 8.41. The molecule has 7 heteroatoms. The number of hydrogen-bond acceptors (Lipinski definition) is 3. The highest BCUT2D eigenvalue weighted by atomic mass is 32.2. The van der Waals surface area contributed by atoms with Crippen molar-refractivity contribution in [3.8, 4) is 0 Å². The Morgan fingerprint density at radius 3 is 2.29 bits per heavy atom. The number of rotatable bonds is 5. The van der Waals surface area contributed by atoms with Crippen LogP contribution in [0, 0.1) is 17.7 Å². The molecule has 2 aromatic carbocycles. The number of nitrogens with one attached hydrogen (secondary N) is 1. The Morgan fingerprint density at radius 1 is 1.07 bits per heavy atom. The molecule has 1 aliphatic heterocycles. The molecule has 1 aliphatic rings. The molecule has 0 saturated carbocycles. The van der Waals surface area contributed by atoms with Gasteiger partial charge >= 0.3 is 0 Å². The van der Waals surface area contributed by atoms with Crippen LogP contribution in [-0.2, 0) is 16.6 Å². The third-order valence-electron chi connectivity index (χ3n) is 4.99. The first kappa shape index (κ1) is 20.5. The van der Waals surface area contributed by atoms with Crippen molar-refractivity contribution in [3.63, 3.8) is 0 Å². The van der Waals surface area contributed by atoms with Crippen LogP contribution in [0.4, 0.5) is 4.39 Å². The van der Waals surface area contributed by atoms with Gasteiger partial charge in [0.25, 0.3) is 5.91 Å². The maximum atomic E-state index is 13.6. The molecule has 2 unspecified atom stereocenters. The van der Waals surface area contributed by atoms with Crippen LogP contribution in [0.5, 0.6) is 0 Å². The minimum atomic E-state index is -3.58. The van der Waals surface area contributed by atoms with Gasteiger partial charge in [0, 0.05) is 30.8 Å². The van der Waals surface area contributed by atoms with Gasteiger partial charge in [0.15, 0.2) is 0 Å². The zero-order valence-corrected chi connectivity index (χ0v) is 16.9. The van der Waals surface area contributed by atoms with Crippen molar-refractivity contribution in [3.05, 3.63) is 65.5 Å². The van der Waals surface area contributed by atoms with Gasteiger partial charge in [0.2, 0.25) is 10.0 Å². The van der Waals surface area contributed by atoms with Gasteiger partial charge in [0.05, 0.1) is 4.90 Å². The van der Waals surface area contributed by atoms with Crippen molar-refractivity contribution in [1.82, 2.24) is 9.62 Å². The van der Waals surface area contributed by atoms with E-state index in [0.717, 1.165) is 6.42 Å². The molecule has 1 fully saturated rings. The van der Waals surface area contributed by atoms with E-state index >= 15 is 0 Å². The van der Waals surface area contributed by atoms with E-state index in [4.69, 9.17) is 0 Å². The summed E-state index contributed by atoms with van der Waals surface area (Å²) in [6.07, 6.45) is 1.02. The van der Waals surface area contributed by atoms with Gasteiger partial charge in [-0.15, -0.1) is 0 Å². The third kappa shape index (κ3) is 4.59. The molecule has 0 spiro atoms. The third-order valence-corrected chi connectivity index (χ3v) is 6.83. The first-order valence-corrected chi connectivity index (χ1v) is 10.8. The Morgan fingerprint density at radius 2 is 1.68 bits per heavy atom. The fourth-order valence-electron chi connectivity index (χ4n) is 3.65. The highest BCUT2D eigenvalue weighted by Crippen LogP contribution is 2.26. The average molecular weight is 405 g/mol. The van der Waals surface area contributed by atoms with Crippen LogP contribution in [0.3, 0.4) is 0 Å². The molecule has 0 bridgehead atoms. The van der Waals surface area contributed by atoms with Crippen LogP contribution in [0.25, 0.3) is 0 Å². The lowest BCUT2D eigenvalue weighted by molar-refractivity contribution is 0.0950. The predicted molar refractivity (Wildman–Crippen MR) is 106 cm³/mol. The summed E-state index contributed by atoms with van der Waals surface area (Å²) in [4.78, 5) is 12.5. The molecular formula is C21H25FN2O3S. The first-order chi connectivity index (χ1) is 13.3. The number of sulfonamides is 1. The van der Waals surface area contributed by atoms with E-state index in [-0.39, 0.29) is 23.2 Å². The molecule has 0 aliphatic carbocycles. The van der Waals surface area contributed by atoms with E-state index in [1.807, 2.05) is 0 Å². The minimum absolute atomic E-state index is 0.0646. The van der Waals surface area contributed by atoms with Crippen molar-refractivity contribution < 1.29 is 17.6 Å². The highest BCUT2D eigenvalue weighted by molar-refractivity contribution is 7.89. The van der Waals surface area contributed by atoms with Crippen molar-refractivity contribution in [2.75, 3.05) is 13.1 Å². The van der Waals surface area contributed by atoms with Crippen molar-refractivity contribution in [2.45, 2.75) is 31.7 Å². The Hall–Kier alpha value is -2.25. The van der Waals surface area contributed by atoms with Gasteiger partial charge in [-0.1, -0.05) is 32.0 Å². The van der Waals surface area contributed by atoms with E-state index in [1.165, 1.54) is 34.6 Å². The monoisotopic (exact) mass is 404 g/mol. The zero-order chi connectivity index (χ0) is 20.3. The first-order valence-electron chi connectivity index (χ1n) is 9.39. The number of hydrogen-bond donors (Lipinski definition) is 1. The largest absolute Gasteiger partial charge is 0.348 e. The Balaban J connectivity index is 1.68. The molecule has 1 saturated heterocycles. The van der Waals surface area contributed by atoms with E-state index in [9.17, 15) is 17.6 Å². The van der Waals surface area contributed by atoms with Gasteiger partial charge in [0.1, 0.15) is 5.82 Å². The van der Waals surface area contributed by atoms with Gasteiger partial charge in [-0.2, -0.15) is 4.31 Å². The topological polar surface area (TPSA) is 66.5 Å². The summed E-state index contributed by atoms with van der Waals surface area (Å²) in [5, 5.41) is 2.65. The normalized spacial score (nSPS) is 20.7. The lowest BCUT2D eigenvalue weighted by Crippen LogP contribution is -2.42. The summed E-state index contributed by atoms with van der Waals surface area (Å²) in [6.45, 7) is 5.20. The zero-order valence-electron chi connectivity index (χ0n) is 16.1.